The highest BCUT2D eigenvalue weighted by Crippen LogP contribution is 2.23. The van der Waals surface area contributed by atoms with E-state index in [2.05, 4.69) is 27.3 Å². The predicted octanol–water partition coefficient (Wildman–Crippen LogP) is 3.00. The fourth-order valence-electron chi connectivity index (χ4n) is 2.25. The lowest BCUT2D eigenvalue weighted by molar-refractivity contribution is -0.134. The highest BCUT2D eigenvalue weighted by Gasteiger charge is 2.24. The first kappa shape index (κ1) is 14.0. The van der Waals surface area contributed by atoms with E-state index >= 15 is 0 Å². The van der Waals surface area contributed by atoms with Crippen molar-refractivity contribution >= 4 is 33.2 Å². The number of piperidine rings is 1. The largest absolute Gasteiger partial charge is 0.336 e. The number of amides is 1. The average Bonchev–Trinajstić information content (AvgIpc) is 2.82. The summed E-state index contributed by atoms with van der Waals surface area (Å²) < 4.78 is 1.12. The van der Waals surface area contributed by atoms with Crippen LogP contribution in [0.5, 0.6) is 0 Å². The van der Waals surface area contributed by atoms with E-state index in [1.807, 2.05) is 17.9 Å². The first-order valence-electron chi connectivity index (χ1n) is 6.47. The molecule has 1 amide bonds. The van der Waals surface area contributed by atoms with Crippen LogP contribution in [0.15, 0.2) is 15.9 Å². The van der Waals surface area contributed by atoms with Crippen molar-refractivity contribution in [2.75, 3.05) is 13.1 Å². The SMILES string of the molecule is CCN(Cc1ccc(Br)s1)C(=O)[C@@H]1CCCCN1. The zero-order valence-corrected chi connectivity index (χ0v) is 13.0. The van der Waals surface area contributed by atoms with Crippen LogP contribution in [0.2, 0.25) is 0 Å². The molecule has 0 saturated carbocycles. The molecule has 2 rings (SSSR count). The molecule has 1 saturated heterocycles. The van der Waals surface area contributed by atoms with Crippen molar-refractivity contribution < 1.29 is 4.79 Å². The normalized spacial score (nSPS) is 19.8. The van der Waals surface area contributed by atoms with E-state index in [0.29, 0.717) is 0 Å². The van der Waals surface area contributed by atoms with Crippen molar-refractivity contribution in [3.8, 4) is 0 Å². The molecule has 1 atom stereocenters. The molecule has 0 spiro atoms. The van der Waals surface area contributed by atoms with Crippen molar-refractivity contribution in [3.05, 3.63) is 20.8 Å². The van der Waals surface area contributed by atoms with Crippen LogP contribution >= 0.6 is 27.3 Å². The minimum Gasteiger partial charge on any atom is -0.336 e. The summed E-state index contributed by atoms with van der Waals surface area (Å²) in [5.74, 6) is 0.252. The maximum Gasteiger partial charge on any atom is 0.240 e. The molecule has 1 N–H and O–H groups in total. The van der Waals surface area contributed by atoms with Gasteiger partial charge in [0.25, 0.3) is 0 Å². The van der Waals surface area contributed by atoms with Gasteiger partial charge in [-0.05, 0) is 54.4 Å². The summed E-state index contributed by atoms with van der Waals surface area (Å²) in [6, 6.07) is 4.15. The first-order chi connectivity index (χ1) is 8.70. The van der Waals surface area contributed by atoms with E-state index in [0.717, 1.165) is 36.3 Å². The zero-order valence-electron chi connectivity index (χ0n) is 10.6. The van der Waals surface area contributed by atoms with Crippen molar-refractivity contribution in [1.29, 1.82) is 0 Å². The van der Waals surface area contributed by atoms with E-state index in [-0.39, 0.29) is 11.9 Å². The molecule has 100 valence electrons. The number of carbonyl (C=O) groups is 1. The number of nitrogens with one attached hydrogen (secondary N) is 1. The fourth-order valence-corrected chi connectivity index (χ4v) is 3.75. The number of nitrogens with zero attached hydrogens (tertiary/aromatic N) is 1. The van der Waals surface area contributed by atoms with Gasteiger partial charge in [-0.15, -0.1) is 11.3 Å². The Morgan fingerprint density at radius 2 is 2.39 bits per heavy atom. The van der Waals surface area contributed by atoms with Crippen LogP contribution < -0.4 is 5.32 Å². The predicted molar refractivity (Wildman–Crippen MR) is 78.8 cm³/mol. The third-order valence-electron chi connectivity index (χ3n) is 3.28. The number of carbonyl (C=O) groups excluding carboxylic acids is 1. The lowest BCUT2D eigenvalue weighted by Gasteiger charge is -2.29. The van der Waals surface area contributed by atoms with Crippen LogP contribution in [0.3, 0.4) is 0 Å². The minimum absolute atomic E-state index is 0.0297. The van der Waals surface area contributed by atoms with Crippen LogP contribution in [0.25, 0.3) is 0 Å². The van der Waals surface area contributed by atoms with Gasteiger partial charge in [-0.3, -0.25) is 4.79 Å². The van der Waals surface area contributed by atoms with Gasteiger partial charge in [-0.1, -0.05) is 6.42 Å². The van der Waals surface area contributed by atoms with Crippen molar-refractivity contribution in [2.45, 2.75) is 38.8 Å². The number of hydrogen-bond donors (Lipinski definition) is 1. The number of likely N-dealkylation sites (N-methyl/N-ethyl adjacent to an activating group) is 1. The van der Waals surface area contributed by atoms with Crippen LogP contribution in [0.4, 0.5) is 0 Å². The summed E-state index contributed by atoms with van der Waals surface area (Å²) in [6.07, 6.45) is 3.32. The van der Waals surface area contributed by atoms with Gasteiger partial charge in [0.05, 0.1) is 16.4 Å². The Hall–Kier alpha value is -0.390. The van der Waals surface area contributed by atoms with Crippen molar-refractivity contribution in [2.24, 2.45) is 0 Å². The maximum absolute atomic E-state index is 12.4. The van der Waals surface area contributed by atoms with E-state index in [4.69, 9.17) is 0 Å². The van der Waals surface area contributed by atoms with Gasteiger partial charge in [0.2, 0.25) is 5.91 Å². The van der Waals surface area contributed by atoms with Crippen molar-refractivity contribution in [3.63, 3.8) is 0 Å². The Kier molecular flexibility index (Phi) is 5.21. The Morgan fingerprint density at radius 3 is 2.94 bits per heavy atom. The molecule has 5 heteroatoms. The molecule has 1 aliphatic rings. The molecule has 0 aliphatic carbocycles. The molecule has 1 aromatic heterocycles. The zero-order chi connectivity index (χ0) is 13.0. The number of hydrogen-bond acceptors (Lipinski definition) is 3. The van der Waals surface area contributed by atoms with E-state index in [9.17, 15) is 4.79 Å². The summed E-state index contributed by atoms with van der Waals surface area (Å²) in [6.45, 7) is 4.51. The van der Waals surface area contributed by atoms with Crippen LogP contribution in [0.1, 0.15) is 31.1 Å². The fraction of sp³-hybridized carbons (Fsp3) is 0.615. The highest BCUT2D eigenvalue weighted by molar-refractivity contribution is 9.11. The second-order valence-corrected chi connectivity index (χ2v) is 7.11. The summed E-state index contributed by atoms with van der Waals surface area (Å²) in [5, 5.41) is 3.33. The molecule has 0 radical (unpaired) electrons. The molecule has 1 aliphatic heterocycles. The monoisotopic (exact) mass is 330 g/mol. The molecule has 1 fully saturated rings. The third kappa shape index (κ3) is 3.56. The average molecular weight is 331 g/mol. The number of rotatable bonds is 4. The van der Waals surface area contributed by atoms with E-state index in [1.165, 1.54) is 11.3 Å². The third-order valence-corrected chi connectivity index (χ3v) is 4.89. The Morgan fingerprint density at radius 1 is 1.56 bits per heavy atom. The van der Waals surface area contributed by atoms with Gasteiger partial charge in [0, 0.05) is 11.4 Å². The summed E-state index contributed by atoms with van der Waals surface area (Å²) >= 11 is 5.16. The molecule has 3 nitrogen and oxygen atoms in total. The van der Waals surface area contributed by atoms with Gasteiger partial charge in [0.15, 0.2) is 0 Å². The molecule has 0 unspecified atom stereocenters. The van der Waals surface area contributed by atoms with Gasteiger partial charge in [0.1, 0.15) is 0 Å². The molecule has 1 aromatic rings. The van der Waals surface area contributed by atoms with Gasteiger partial charge in [-0.2, -0.15) is 0 Å². The minimum atomic E-state index is 0.0297. The van der Waals surface area contributed by atoms with Crippen LogP contribution in [0, 0.1) is 0 Å². The van der Waals surface area contributed by atoms with E-state index in [1.54, 1.807) is 11.3 Å². The standard InChI is InChI=1S/C13H19BrN2OS/c1-2-16(9-10-6-7-12(14)18-10)13(17)11-5-3-4-8-15-11/h6-7,11,15H,2-5,8-9H2,1H3/t11-/m0/s1. The molecule has 0 bridgehead atoms. The number of thiophene rings is 1. The second-order valence-electron chi connectivity index (χ2n) is 4.56. The van der Waals surface area contributed by atoms with Crippen molar-refractivity contribution in [1.82, 2.24) is 10.2 Å². The van der Waals surface area contributed by atoms with Crippen LogP contribution in [-0.4, -0.2) is 29.9 Å². The summed E-state index contributed by atoms with van der Waals surface area (Å²) in [7, 11) is 0. The Labute approximate surface area is 121 Å². The summed E-state index contributed by atoms with van der Waals surface area (Å²) in [4.78, 5) is 15.6. The quantitative estimate of drug-likeness (QED) is 0.920. The maximum atomic E-state index is 12.4. The highest BCUT2D eigenvalue weighted by atomic mass is 79.9. The van der Waals surface area contributed by atoms with E-state index < -0.39 is 0 Å². The lowest BCUT2D eigenvalue weighted by Crippen LogP contribution is -2.48. The summed E-state index contributed by atoms with van der Waals surface area (Å²) in [5.41, 5.74) is 0. The van der Waals surface area contributed by atoms with Gasteiger partial charge >= 0.3 is 0 Å². The Balaban J connectivity index is 1.96. The number of halogens is 1. The topological polar surface area (TPSA) is 32.3 Å². The Bertz CT molecular complexity index is 401. The first-order valence-corrected chi connectivity index (χ1v) is 8.08. The smallest absolute Gasteiger partial charge is 0.240 e. The molecular weight excluding hydrogens is 312 g/mol. The van der Waals surface area contributed by atoms with Gasteiger partial charge < -0.3 is 10.2 Å². The molecule has 2 heterocycles. The molecular formula is C13H19BrN2OS. The van der Waals surface area contributed by atoms with Gasteiger partial charge in [-0.25, -0.2) is 0 Å². The molecule has 18 heavy (non-hydrogen) atoms. The second kappa shape index (κ2) is 6.68. The van der Waals surface area contributed by atoms with Crippen LogP contribution in [-0.2, 0) is 11.3 Å². The molecule has 0 aromatic carbocycles. The lowest BCUT2D eigenvalue weighted by atomic mass is 10.0.